The van der Waals surface area contributed by atoms with Gasteiger partial charge in [0.05, 0.1) is 5.52 Å². The Morgan fingerprint density at radius 2 is 1.85 bits per heavy atom. The molecule has 0 bridgehead atoms. The summed E-state index contributed by atoms with van der Waals surface area (Å²) in [5, 5.41) is 2.26. The van der Waals surface area contributed by atoms with Gasteiger partial charge in [0.25, 0.3) is 0 Å². The zero-order valence-electron chi connectivity index (χ0n) is 10.8. The van der Waals surface area contributed by atoms with Crippen LogP contribution in [0.2, 0.25) is 0 Å². The van der Waals surface area contributed by atoms with Crippen molar-refractivity contribution in [2.24, 2.45) is 5.73 Å². The Morgan fingerprint density at radius 3 is 2.70 bits per heavy atom. The standard InChI is InChI=1S/C15H14N2O3/c16-15(18)20-9-8-19-13-7-3-5-11-10-4-1-2-6-12(10)17-14(11)13/h1-7,17H,8-9H2,(H2,16,18). The normalized spacial score (nSPS) is 10.8. The van der Waals surface area contributed by atoms with Crippen molar-refractivity contribution in [1.29, 1.82) is 0 Å². The zero-order valence-corrected chi connectivity index (χ0v) is 10.8. The predicted molar refractivity (Wildman–Crippen MR) is 76.8 cm³/mol. The maximum absolute atomic E-state index is 10.5. The number of benzene rings is 2. The van der Waals surface area contributed by atoms with Gasteiger partial charge in [0, 0.05) is 16.3 Å². The largest absolute Gasteiger partial charge is 0.488 e. The van der Waals surface area contributed by atoms with Crippen LogP contribution in [0, 0.1) is 0 Å². The summed E-state index contributed by atoms with van der Waals surface area (Å²) in [6, 6.07) is 13.9. The second-order valence-corrected chi connectivity index (χ2v) is 4.37. The minimum atomic E-state index is -0.794. The third-order valence-corrected chi connectivity index (χ3v) is 3.09. The van der Waals surface area contributed by atoms with Gasteiger partial charge in [0.2, 0.25) is 0 Å². The SMILES string of the molecule is NC(=O)OCCOc1cccc2c1[nH]c1ccccc12. The number of ether oxygens (including phenoxy) is 2. The highest BCUT2D eigenvalue weighted by molar-refractivity contribution is 6.09. The number of primary amides is 1. The van der Waals surface area contributed by atoms with E-state index in [4.69, 9.17) is 10.5 Å². The maximum atomic E-state index is 10.5. The van der Waals surface area contributed by atoms with Crippen LogP contribution in [-0.2, 0) is 4.74 Å². The molecule has 0 fully saturated rings. The second-order valence-electron chi connectivity index (χ2n) is 4.37. The highest BCUT2D eigenvalue weighted by atomic mass is 16.6. The Balaban J connectivity index is 1.89. The van der Waals surface area contributed by atoms with Crippen molar-refractivity contribution in [3.8, 4) is 5.75 Å². The van der Waals surface area contributed by atoms with Gasteiger partial charge < -0.3 is 20.2 Å². The maximum Gasteiger partial charge on any atom is 0.404 e. The highest BCUT2D eigenvalue weighted by Gasteiger charge is 2.08. The number of aromatic amines is 1. The average Bonchev–Trinajstić information content (AvgIpc) is 2.83. The molecule has 0 aliphatic rings. The van der Waals surface area contributed by atoms with Crippen LogP contribution < -0.4 is 10.5 Å². The summed E-state index contributed by atoms with van der Waals surface area (Å²) >= 11 is 0. The highest BCUT2D eigenvalue weighted by Crippen LogP contribution is 2.31. The summed E-state index contributed by atoms with van der Waals surface area (Å²) in [5.74, 6) is 0.728. The van der Waals surface area contributed by atoms with E-state index >= 15 is 0 Å². The first-order chi connectivity index (χ1) is 9.75. The first-order valence-corrected chi connectivity index (χ1v) is 6.30. The fourth-order valence-corrected chi connectivity index (χ4v) is 2.26. The van der Waals surface area contributed by atoms with Crippen molar-refractivity contribution in [3.63, 3.8) is 0 Å². The number of rotatable bonds is 4. The lowest BCUT2D eigenvalue weighted by atomic mass is 10.1. The van der Waals surface area contributed by atoms with E-state index in [1.54, 1.807) is 0 Å². The van der Waals surface area contributed by atoms with Crippen LogP contribution in [0.5, 0.6) is 5.75 Å². The number of aromatic nitrogens is 1. The van der Waals surface area contributed by atoms with Gasteiger partial charge in [-0.25, -0.2) is 4.79 Å². The Hall–Kier alpha value is -2.69. The minimum Gasteiger partial charge on any atom is -0.488 e. The van der Waals surface area contributed by atoms with Crippen LogP contribution in [-0.4, -0.2) is 24.3 Å². The third kappa shape index (κ3) is 2.25. The lowest BCUT2D eigenvalue weighted by Crippen LogP contribution is -2.17. The molecule has 1 amide bonds. The van der Waals surface area contributed by atoms with E-state index in [2.05, 4.69) is 15.8 Å². The summed E-state index contributed by atoms with van der Waals surface area (Å²) in [7, 11) is 0. The number of H-pyrrole nitrogens is 1. The van der Waals surface area contributed by atoms with Crippen molar-refractivity contribution < 1.29 is 14.3 Å². The van der Waals surface area contributed by atoms with E-state index in [0.717, 1.165) is 27.6 Å². The van der Waals surface area contributed by atoms with Gasteiger partial charge in [-0.3, -0.25) is 0 Å². The number of carbonyl (C=O) groups excluding carboxylic acids is 1. The fraction of sp³-hybridized carbons (Fsp3) is 0.133. The van der Waals surface area contributed by atoms with E-state index in [1.807, 2.05) is 36.4 Å². The summed E-state index contributed by atoms with van der Waals surface area (Å²) in [4.78, 5) is 13.8. The third-order valence-electron chi connectivity index (χ3n) is 3.09. The molecule has 102 valence electrons. The minimum absolute atomic E-state index is 0.131. The van der Waals surface area contributed by atoms with Gasteiger partial charge in [0.1, 0.15) is 19.0 Å². The summed E-state index contributed by atoms with van der Waals surface area (Å²) in [6.45, 7) is 0.392. The molecule has 0 saturated carbocycles. The second kappa shape index (κ2) is 5.13. The van der Waals surface area contributed by atoms with Gasteiger partial charge in [0.15, 0.2) is 0 Å². The fourth-order valence-electron chi connectivity index (χ4n) is 2.26. The van der Waals surface area contributed by atoms with Crippen LogP contribution in [0.25, 0.3) is 21.8 Å². The van der Waals surface area contributed by atoms with Crippen LogP contribution in [0.1, 0.15) is 0 Å². The topological polar surface area (TPSA) is 77.3 Å². The van der Waals surface area contributed by atoms with Gasteiger partial charge >= 0.3 is 6.09 Å². The molecule has 0 unspecified atom stereocenters. The molecule has 1 heterocycles. The van der Waals surface area contributed by atoms with Gasteiger partial charge in [-0.2, -0.15) is 0 Å². The van der Waals surface area contributed by atoms with Crippen molar-refractivity contribution in [2.45, 2.75) is 0 Å². The molecule has 5 heteroatoms. The molecule has 0 radical (unpaired) electrons. The monoisotopic (exact) mass is 270 g/mol. The first-order valence-electron chi connectivity index (χ1n) is 6.30. The smallest absolute Gasteiger partial charge is 0.404 e. The zero-order chi connectivity index (χ0) is 13.9. The summed E-state index contributed by atoms with van der Waals surface area (Å²) in [6.07, 6.45) is -0.794. The van der Waals surface area contributed by atoms with E-state index in [9.17, 15) is 4.79 Å². The Kier molecular flexibility index (Phi) is 3.16. The van der Waals surface area contributed by atoms with Crippen LogP contribution in [0.3, 0.4) is 0 Å². The molecule has 2 aromatic carbocycles. The number of hydrogen-bond donors (Lipinski definition) is 2. The van der Waals surface area contributed by atoms with Crippen molar-refractivity contribution in [1.82, 2.24) is 4.98 Å². The number of carbonyl (C=O) groups is 1. The number of amides is 1. The van der Waals surface area contributed by atoms with Crippen LogP contribution in [0.4, 0.5) is 4.79 Å². The Labute approximate surface area is 115 Å². The lowest BCUT2D eigenvalue weighted by molar-refractivity contribution is 0.134. The molecule has 3 N–H and O–H groups in total. The summed E-state index contributed by atoms with van der Waals surface area (Å²) < 4.78 is 10.3. The number of fused-ring (bicyclic) bond motifs is 3. The molecular formula is C15H14N2O3. The van der Waals surface area contributed by atoms with Crippen LogP contribution >= 0.6 is 0 Å². The Morgan fingerprint density at radius 1 is 1.05 bits per heavy atom. The molecule has 0 atom stereocenters. The molecular weight excluding hydrogens is 256 g/mol. The van der Waals surface area contributed by atoms with Crippen molar-refractivity contribution in [3.05, 3.63) is 42.5 Å². The number of nitrogens with two attached hydrogens (primary N) is 1. The van der Waals surface area contributed by atoms with Crippen molar-refractivity contribution in [2.75, 3.05) is 13.2 Å². The quantitative estimate of drug-likeness (QED) is 0.715. The van der Waals surface area contributed by atoms with Crippen LogP contribution in [0.15, 0.2) is 42.5 Å². The number of para-hydroxylation sites is 2. The summed E-state index contributed by atoms with van der Waals surface area (Å²) in [5.41, 5.74) is 6.89. The molecule has 5 nitrogen and oxygen atoms in total. The number of nitrogens with one attached hydrogen (secondary N) is 1. The number of hydrogen-bond acceptors (Lipinski definition) is 3. The first kappa shape index (κ1) is 12.3. The van der Waals surface area contributed by atoms with E-state index in [-0.39, 0.29) is 13.2 Å². The molecule has 3 rings (SSSR count). The van der Waals surface area contributed by atoms with Gasteiger partial charge in [-0.05, 0) is 12.1 Å². The molecule has 1 aromatic heterocycles. The molecule has 20 heavy (non-hydrogen) atoms. The molecule has 0 saturated heterocycles. The molecule has 3 aromatic rings. The molecule has 0 aliphatic heterocycles. The average molecular weight is 270 g/mol. The van der Waals surface area contributed by atoms with Gasteiger partial charge in [-0.1, -0.05) is 30.3 Å². The lowest BCUT2D eigenvalue weighted by Gasteiger charge is -2.07. The molecule has 0 spiro atoms. The van der Waals surface area contributed by atoms with E-state index in [0.29, 0.717) is 0 Å². The van der Waals surface area contributed by atoms with Gasteiger partial charge in [-0.15, -0.1) is 0 Å². The Bertz CT molecular complexity index is 764. The molecule has 0 aliphatic carbocycles. The van der Waals surface area contributed by atoms with E-state index < -0.39 is 6.09 Å². The predicted octanol–water partition coefficient (Wildman–Crippen LogP) is 2.80. The van der Waals surface area contributed by atoms with E-state index in [1.165, 1.54) is 0 Å². The van der Waals surface area contributed by atoms with Crippen molar-refractivity contribution >= 4 is 27.9 Å².